The first kappa shape index (κ1) is 15.3. The molecule has 0 spiro atoms. The summed E-state index contributed by atoms with van der Waals surface area (Å²) in [6.45, 7) is 2.19. The van der Waals surface area contributed by atoms with Crippen LogP contribution in [0.4, 0.5) is 0 Å². The molecule has 1 N–H and O–H groups in total. The third kappa shape index (κ3) is 3.11. The largest absolute Gasteiger partial charge is 0.478 e. The number of hydrogen-bond donors (Lipinski definition) is 1. The molecule has 3 aromatic carbocycles. The maximum Gasteiger partial charge on any atom is 0.336 e. The van der Waals surface area contributed by atoms with Crippen LogP contribution in [-0.2, 0) is 6.42 Å². The zero-order valence-corrected chi connectivity index (χ0v) is 13.2. The molecule has 23 heavy (non-hydrogen) atoms. The van der Waals surface area contributed by atoms with Crippen LogP contribution in [0, 0.1) is 0 Å². The molecular weight excluding hydrogens is 284 g/mol. The van der Waals surface area contributed by atoms with Gasteiger partial charge in [-0.15, -0.1) is 0 Å². The normalized spacial score (nSPS) is 12.2. The second-order valence-electron chi connectivity index (χ2n) is 5.85. The molecule has 0 saturated heterocycles. The fourth-order valence-electron chi connectivity index (χ4n) is 3.24. The van der Waals surface area contributed by atoms with Crippen LogP contribution in [0.1, 0.15) is 40.7 Å². The first-order chi connectivity index (χ1) is 11.2. The van der Waals surface area contributed by atoms with Crippen molar-refractivity contribution >= 4 is 16.7 Å². The molecule has 0 bridgehead atoms. The highest BCUT2D eigenvalue weighted by molar-refractivity contribution is 6.04. The van der Waals surface area contributed by atoms with Crippen molar-refractivity contribution in [3.8, 4) is 0 Å². The molecule has 0 aromatic heterocycles. The topological polar surface area (TPSA) is 37.3 Å². The minimum Gasteiger partial charge on any atom is -0.478 e. The van der Waals surface area contributed by atoms with E-state index in [0.717, 1.165) is 23.6 Å². The minimum absolute atomic E-state index is 0.374. The lowest BCUT2D eigenvalue weighted by atomic mass is 9.85. The van der Waals surface area contributed by atoms with Crippen molar-refractivity contribution in [2.45, 2.75) is 25.7 Å². The molecule has 2 heteroatoms. The van der Waals surface area contributed by atoms with E-state index in [1.165, 1.54) is 11.1 Å². The van der Waals surface area contributed by atoms with Crippen molar-refractivity contribution in [1.82, 2.24) is 0 Å². The van der Waals surface area contributed by atoms with Gasteiger partial charge in [-0.05, 0) is 46.7 Å². The van der Waals surface area contributed by atoms with Gasteiger partial charge in [0.15, 0.2) is 0 Å². The van der Waals surface area contributed by atoms with Gasteiger partial charge in [0.25, 0.3) is 0 Å². The minimum atomic E-state index is -0.871. The monoisotopic (exact) mass is 304 g/mol. The Morgan fingerprint density at radius 2 is 1.57 bits per heavy atom. The predicted molar refractivity (Wildman–Crippen MR) is 94.1 cm³/mol. The van der Waals surface area contributed by atoms with Crippen molar-refractivity contribution in [2.24, 2.45) is 0 Å². The Bertz CT molecular complexity index is 822. The summed E-state index contributed by atoms with van der Waals surface area (Å²) in [5.74, 6) is -0.492. The smallest absolute Gasteiger partial charge is 0.336 e. The van der Waals surface area contributed by atoms with Crippen molar-refractivity contribution in [2.75, 3.05) is 0 Å². The number of hydrogen-bond acceptors (Lipinski definition) is 1. The maximum atomic E-state index is 11.5. The van der Waals surface area contributed by atoms with E-state index in [2.05, 4.69) is 31.2 Å². The van der Waals surface area contributed by atoms with E-state index in [1.54, 1.807) is 6.07 Å². The summed E-state index contributed by atoms with van der Waals surface area (Å²) in [4.78, 5) is 11.5. The van der Waals surface area contributed by atoms with Crippen LogP contribution in [0.15, 0.2) is 66.7 Å². The molecule has 1 atom stereocenters. The molecule has 3 aromatic rings. The third-order valence-electron chi connectivity index (χ3n) is 4.45. The van der Waals surface area contributed by atoms with Gasteiger partial charge in [0.1, 0.15) is 0 Å². The molecule has 0 heterocycles. The lowest BCUT2D eigenvalue weighted by Gasteiger charge is -2.19. The highest BCUT2D eigenvalue weighted by Gasteiger charge is 2.17. The zero-order valence-electron chi connectivity index (χ0n) is 13.2. The second-order valence-corrected chi connectivity index (χ2v) is 5.85. The van der Waals surface area contributed by atoms with Gasteiger partial charge in [-0.2, -0.15) is 0 Å². The van der Waals surface area contributed by atoms with Gasteiger partial charge in [-0.1, -0.05) is 67.6 Å². The van der Waals surface area contributed by atoms with Crippen LogP contribution in [-0.4, -0.2) is 11.1 Å². The summed E-state index contributed by atoms with van der Waals surface area (Å²) in [7, 11) is 0. The Hall–Kier alpha value is -2.61. The fourth-order valence-corrected chi connectivity index (χ4v) is 3.24. The number of carboxylic acid groups (broad SMARTS) is 1. The average Bonchev–Trinajstić information content (AvgIpc) is 2.59. The third-order valence-corrected chi connectivity index (χ3v) is 4.45. The molecule has 0 saturated carbocycles. The van der Waals surface area contributed by atoms with Gasteiger partial charge < -0.3 is 5.11 Å². The molecule has 0 radical (unpaired) electrons. The molecule has 2 nitrogen and oxygen atoms in total. The zero-order chi connectivity index (χ0) is 16.2. The molecule has 0 aliphatic rings. The summed E-state index contributed by atoms with van der Waals surface area (Å²) >= 11 is 0. The van der Waals surface area contributed by atoms with Crippen molar-refractivity contribution in [3.05, 3.63) is 83.4 Å². The first-order valence-electron chi connectivity index (χ1n) is 7.99. The Morgan fingerprint density at radius 1 is 0.913 bits per heavy atom. The fraction of sp³-hybridized carbons (Fsp3) is 0.190. The van der Waals surface area contributed by atoms with E-state index < -0.39 is 5.97 Å². The SMILES string of the molecule is CCC(Cc1ccccc1)c1ccc(C(=O)O)c2ccccc12. The van der Waals surface area contributed by atoms with E-state index in [-0.39, 0.29) is 0 Å². The number of aromatic carboxylic acids is 1. The number of carbonyl (C=O) groups is 1. The molecule has 1 unspecified atom stereocenters. The van der Waals surface area contributed by atoms with Gasteiger partial charge in [0, 0.05) is 0 Å². The molecule has 3 rings (SSSR count). The van der Waals surface area contributed by atoms with Gasteiger partial charge >= 0.3 is 5.97 Å². The van der Waals surface area contributed by atoms with E-state index in [4.69, 9.17) is 0 Å². The summed E-state index contributed by atoms with van der Waals surface area (Å²) in [6, 6.07) is 22.0. The van der Waals surface area contributed by atoms with E-state index in [9.17, 15) is 9.90 Å². The van der Waals surface area contributed by atoms with E-state index in [0.29, 0.717) is 11.5 Å². The molecule has 0 amide bonds. The summed E-state index contributed by atoms with van der Waals surface area (Å²) < 4.78 is 0. The second kappa shape index (κ2) is 6.66. The predicted octanol–water partition coefficient (Wildman–Crippen LogP) is 5.27. The van der Waals surface area contributed by atoms with Crippen LogP contribution >= 0.6 is 0 Å². The van der Waals surface area contributed by atoms with Crippen LogP contribution in [0.3, 0.4) is 0 Å². The van der Waals surface area contributed by atoms with Crippen LogP contribution in [0.25, 0.3) is 10.8 Å². The Morgan fingerprint density at radius 3 is 2.22 bits per heavy atom. The lowest BCUT2D eigenvalue weighted by molar-refractivity contribution is 0.0699. The van der Waals surface area contributed by atoms with Crippen molar-refractivity contribution in [3.63, 3.8) is 0 Å². The summed E-state index contributed by atoms with van der Waals surface area (Å²) in [5.41, 5.74) is 2.92. The highest BCUT2D eigenvalue weighted by Crippen LogP contribution is 2.32. The Balaban J connectivity index is 2.08. The van der Waals surface area contributed by atoms with Gasteiger partial charge in [0.05, 0.1) is 5.56 Å². The molecule has 116 valence electrons. The van der Waals surface area contributed by atoms with E-state index >= 15 is 0 Å². The lowest BCUT2D eigenvalue weighted by Crippen LogP contribution is -2.05. The number of benzene rings is 3. The summed E-state index contributed by atoms with van der Waals surface area (Å²) in [6.07, 6.45) is 1.99. The van der Waals surface area contributed by atoms with Crippen molar-refractivity contribution in [1.29, 1.82) is 0 Å². The number of carboxylic acids is 1. The molecular formula is C21H20O2. The maximum absolute atomic E-state index is 11.5. The quantitative estimate of drug-likeness (QED) is 0.696. The highest BCUT2D eigenvalue weighted by atomic mass is 16.4. The Kier molecular flexibility index (Phi) is 4.42. The Labute approximate surface area is 136 Å². The van der Waals surface area contributed by atoms with Crippen LogP contribution < -0.4 is 0 Å². The van der Waals surface area contributed by atoms with Crippen molar-refractivity contribution < 1.29 is 9.90 Å². The van der Waals surface area contributed by atoms with E-state index in [1.807, 2.05) is 36.4 Å². The van der Waals surface area contributed by atoms with Crippen LogP contribution in [0.2, 0.25) is 0 Å². The standard InChI is InChI=1S/C21H20O2/c1-2-16(14-15-8-4-3-5-9-15)17-12-13-20(21(22)23)19-11-7-6-10-18(17)19/h3-13,16H,2,14H2,1H3,(H,22,23). The molecule has 0 fully saturated rings. The van der Waals surface area contributed by atoms with Gasteiger partial charge in [0.2, 0.25) is 0 Å². The number of rotatable bonds is 5. The van der Waals surface area contributed by atoms with Gasteiger partial charge in [-0.25, -0.2) is 4.79 Å². The van der Waals surface area contributed by atoms with Gasteiger partial charge in [-0.3, -0.25) is 0 Å². The molecule has 0 aliphatic heterocycles. The summed E-state index contributed by atoms with van der Waals surface area (Å²) in [5, 5.41) is 11.3. The van der Waals surface area contributed by atoms with Crippen LogP contribution in [0.5, 0.6) is 0 Å². The number of fused-ring (bicyclic) bond motifs is 1. The average molecular weight is 304 g/mol. The molecule has 0 aliphatic carbocycles. The first-order valence-corrected chi connectivity index (χ1v) is 7.99.